The van der Waals surface area contributed by atoms with E-state index >= 15 is 0 Å². The molecule has 3 nitrogen and oxygen atoms in total. The smallest absolute Gasteiger partial charge is 0.0613 e. The maximum absolute atomic E-state index is 9.64. The van der Waals surface area contributed by atoms with Crippen LogP contribution in [-0.2, 0) is 13.6 Å². The van der Waals surface area contributed by atoms with Crippen molar-refractivity contribution in [3.05, 3.63) is 24.0 Å². The molecule has 1 heterocycles. The van der Waals surface area contributed by atoms with Crippen molar-refractivity contribution in [1.29, 1.82) is 0 Å². The highest BCUT2D eigenvalue weighted by Crippen LogP contribution is 2.31. The van der Waals surface area contributed by atoms with Crippen molar-refractivity contribution in [2.75, 3.05) is 6.61 Å². The largest absolute Gasteiger partial charge is 0.394 e. The van der Waals surface area contributed by atoms with Crippen molar-refractivity contribution in [3.8, 4) is 0 Å². The zero-order chi connectivity index (χ0) is 12.3. The second-order valence-electron chi connectivity index (χ2n) is 5.66. The zero-order valence-electron chi connectivity index (χ0n) is 10.9. The quantitative estimate of drug-likeness (QED) is 0.839. The second kappa shape index (κ2) is 5.23. The zero-order valence-corrected chi connectivity index (χ0v) is 10.9. The lowest BCUT2D eigenvalue weighted by Crippen LogP contribution is -2.50. The third kappa shape index (κ3) is 3.11. The van der Waals surface area contributed by atoms with E-state index in [1.807, 2.05) is 7.05 Å². The highest BCUT2D eigenvalue weighted by molar-refractivity contribution is 5.10. The number of aliphatic hydroxyl groups is 1. The molecule has 1 aliphatic rings. The molecule has 0 aromatic carbocycles. The fourth-order valence-electron chi connectivity index (χ4n) is 2.66. The van der Waals surface area contributed by atoms with Crippen LogP contribution in [0.5, 0.6) is 0 Å². The molecule has 0 atom stereocenters. The summed E-state index contributed by atoms with van der Waals surface area (Å²) >= 11 is 0. The molecule has 0 amide bonds. The van der Waals surface area contributed by atoms with Gasteiger partial charge in [0.2, 0.25) is 0 Å². The number of nitrogens with zero attached hydrogens (tertiary/aromatic N) is 1. The first kappa shape index (κ1) is 12.7. The number of hydrogen-bond donors (Lipinski definition) is 2. The van der Waals surface area contributed by atoms with E-state index in [4.69, 9.17) is 0 Å². The van der Waals surface area contributed by atoms with Gasteiger partial charge in [0, 0.05) is 31.5 Å². The van der Waals surface area contributed by atoms with E-state index in [9.17, 15) is 5.11 Å². The molecular formula is C14H24N2O. The van der Waals surface area contributed by atoms with Crippen LogP contribution in [0.3, 0.4) is 0 Å². The van der Waals surface area contributed by atoms with Crippen molar-refractivity contribution in [2.24, 2.45) is 13.0 Å². The minimum Gasteiger partial charge on any atom is -0.394 e. The predicted molar refractivity (Wildman–Crippen MR) is 69.7 cm³/mol. The number of hydrogen-bond acceptors (Lipinski definition) is 2. The molecule has 0 spiro atoms. The summed E-state index contributed by atoms with van der Waals surface area (Å²) in [6, 6.07) is 2.13. The Kier molecular flexibility index (Phi) is 3.89. The number of nitrogens with one attached hydrogen (secondary N) is 1. The van der Waals surface area contributed by atoms with E-state index in [1.54, 1.807) is 0 Å². The molecule has 1 aliphatic carbocycles. The van der Waals surface area contributed by atoms with Gasteiger partial charge in [0.15, 0.2) is 0 Å². The third-order valence-corrected chi connectivity index (χ3v) is 4.09. The minimum absolute atomic E-state index is 0.0393. The maximum Gasteiger partial charge on any atom is 0.0613 e. The molecule has 1 saturated carbocycles. The summed E-state index contributed by atoms with van der Waals surface area (Å²) in [6.07, 6.45) is 8.83. The van der Waals surface area contributed by atoms with Crippen LogP contribution in [-0.4, -0.2) is 21.8 Å². The predicted octanol–water partition coefficient (Wildman–Crippen LogP) is 2.06. The van der Waals surface area contributed by atoms with Gasteiger partial charge >= 0.3 is 0 Å². The standard InChI is InChI=1S/C14H24N2O/c1-12-3-6-14(11-17,7-4-12)15-9-13-5-8-16(2)10-13/h5,8,10,12,15,17H,3-4,6-7,9,11H2,1-2H3. The average molecular weight is 236 g/mol. The van der Waals surface area contributed by atoms with Gasteiger partial charge in [0.25, 0.3) is 0 Å². The second-order valence-corrected chi connectivity index (χ2v) is 5.66. The van der Waals surface area contributed by atoms with Gasteiger partial charge in [-0.3, -0.25) is 0 Å². The summed E-state index contributed by atoms with van der Waals surface area (Å²) in [7, 11) is 2.04. The van der Waals surface area contributed by atoms with Crippen LogP contribution in [0.4, 0.5) is 0 Å². The molecule has 96 valence electrons. The van der Waals surface area contributed by atoms with Crippen LogP contribution >= 0.6 is 0 Å². The van der Waals surface area contributed by atoms with Gasteiger partial charge in [-0.05, 0) is 43.2 Å². The molecule has 1 fully saturated rings. The van der Waals surface area contributed by atoms with Crippen LogP contribution in [0.1, 0.15) is 38.2 Å². The van der Waals surface area contributed by atoms with Crippen LogP contribution in [0.2, 0.25) is 0 Å². The summed E-state index contributed by atoms with van der Waals surface area (Å²) in [5, 5.41) is 13.2. The molecule has 0 bridgehead atoms. The number of aliphatic hydroxyl groups excluding tert-OH is 1. The summed E-state index contributed by atoms with van der Waals surface area (Å²) in [4.78, 5) is 0. The minimum atomic E-state index is -0.0393. The van der Waals surface area contributed by atoms with E-state index in [0.29, 0.717) is 0 Å². The molecule has 2 rings (SSSR count). The Morgan fingerprint density at radius 1 is 1.47 bits per heavy atom. The highest BCUT2D eigenvalue weighted by Gasteiger charge is 2.32. The third-order valence-electron chi connectivity index (χ3n) is 4.09. The van der Waals surface area contributed by atoms with Gasteiger partial charge < -0.3 is 15.0 Å². The van der Waals surface area contributed by atoms with E-state index in [1.165, 1.54) is 18.4 Å². The Bertz CT molecular complexity index is 351. The van der Waals surface area contributed by atoms with Gasteiger partial charge in [-0.15, -0.1) is 0 Å². The molecule has 2 N–H and O–H groups in total. The fraction of sp³-hybridized carbons (Fsp3) is 0.714. The molecule has 0 radical (unpaired) electrons. The number of rotatable bonds is 4. The molecule has 0 saturated heterocycles. The molecule has 1 aromatic rings. The summed E-state index contributed by atoms with van der Waals surface area (Å²) < 4.78 is 2.06. The first-order chi connectivity index (χ1) is 8.13. The molecule has 0 aliphatic heterocycles. The van der Waals surface area contributed by atoms with Crippen molar-refractivity contribution in [3.63, 3.8) is 0 Å². The van der Waals surface area contributed by atoms with Gasteiger partial charge in [-0.2, -0.15) is 0 Å². The maximum atomic E-state index is 9.64. The SMILES string of the molecule is CC1CCC(CO)(NCc2ccn(C)c2)CC1. The van der Waals surface area contributed by atoms with E-state index < -0.39 is 0 Å². The summed E-state index contributed by atoms with van der Waals surface area (Å²) in [5.41, 5.74) is 1.25. The monoisotopic (exact) mass is 236 g/mol. The van der Waals surface area contributed by atoms with Crippen molar-refractivity contribution >= 4 is 0 Å². The first-order valence-electron chi connectivity index (χ1n) is 6.60. The van der Waals surface area contributed by atoms with Gasteiger partial charge in [-0.1, -0.05) is 6.92 Å². The van der Waals surface area contributed by atoms with Gasteiger partial charge in [0.1, 0.15) is 0 Å². The van der Waals surface area contributed by atoms with Gasteiger partial charge in [0.05, 0.1) is 6.61 Å². The topological polar surface area (TPSA) is 37.2 Å². The molecule has 1 aromatic heterocycles. The van der Waals surface area contributed by atoms with Crippen LogP contribution in [0.15, 0.2) is 18.5 Å². The highest BCUT2D eigenvalue weighted by atomic mass is 16.3. The van der Waals surface area contributed by atoms with Gasteiger partial charge in [-0.25, -0.2) is 0 Å². The van der Waals surface area contributed by atoms with E-state index in [2.05, 4.69) is 35.3 Å². The summed E-state index contributed by atoms with van der Waals surface area (Å²) in [5.74, 6) is 0.813. The van der Waals surface area contributed by atoms with Crippen LogP contribution in [0.25, 0.3) is 0 Å². The van der Waals surface area contributed by atoms with E-state index in [0.717, 1.165) is 25.3 Å². The lowest BCUT2D eigenvalue weighted by atomic mass is 9.77. The fourth-order valence-corrected chi connectivity index (χ4v) is 2.66. The average Bonchev–Trinajstić information content (AvgIpc) is 2.75. The lowest BCUT2D eigenvalue weighted by Gasteiger charge is -2.39. The van der Waals surface area contributed by atoms with Crippen molar-refractivity contribution in [1.82, 2.24) is 9.88 Å². The number of aromatic nitrogens is 1. The van der Waals surface area contributed by atoms with Crippen LogP contribution in [0, 0.1) is 5.92 Å². The van der Waals surface area contributed by atoms with Crippen molar-refractivity contribution < 1.29 is 5.11 Å². The first-order valence-corrected chi connectivity index (χ1v) is 6.60. The molecule has 17 heavy (non-hydrogen) atoms. The Morgan fingerprint density at radius 2 is 2.18 bits per heavy atom. The molecule has 0 unspecified atom stereocenters. The molecule has 3 heteroatoms. The Balaban J connectivity index is 1.91. The van der Waals surface area contributed by atoms with Crippen LogP contribution < -0.4 is 5.32 Å². The summed E-state index contributed by atoms with van der Waals surface area (Å²) in [6.45, 7) is 3.42. The Morgan fingerprint density at radius 3 is 2.71 bits per heavy atom. The Labute approximate surface area is 104 Å². The van der Waals surface area contributed by atoms with Crippen molar-refractivity contribution in [2.45, 2.75) is 44.7 Å². The number of aryl methyl sites for hydroxylation is 1. The molecular weight excluding hydrogens is 212 g/mol. The Hall–Kier alpha value is -0.800. The lowest BCUT2D eigenvalue weighted by molar-refractivity contribution is 0.104. The normalized spacial score (nSPS) is 29.5. The van der Waals surface area contributed by atoms with E-state index in [-0.39, 0.29) is 12.1 Å².